The van der Waals surface area contributed by atoms with Crippen LogP contribution in [0.25, 0.3) is 0 Å². The van der Waals surface area contributed by atoms with Crippen LogP contribution < -0.4 is 5.73 Å². The first-order chi connectivity index (χ1) is 7.04. The van der Waals surface area contributed by atoms with Crippen molar-refractivity contribution in [3.05, 3.63) is 28.0 Å². The molecule has 0 atom stereocenters. The van der Waals surface area contributed by atoms with Gasteiger partial charge in [-0.05, 0) is 40.5 Å². The molecule has 0 bridgehead atoms. The molecule has 0 amide bonds. The summed E-state index contributed by atoms with van der Waals surface area (Å²) in [5, 5.41) is 0. The minimum absolute atomic E-state index is 0.0103. The van der Waals surface area contributed by atoms with Crippen LogP contribution in [-0.2, 0) is 16.0 Å². The lowest BCUT2D eigenvalue weighted by Gasteiger charge is -2.07. The molecule has 0 unspecified atom stereocenters. The molecule has 0 radical (unpaired) electrons. The Hall–Kier alpha value is -1.10. The van der Waals surface area contributed by atoms with Crippen molar-refractivity contribution >= 4 is 27.6 Å². The zero-order valence-corrected chi connectivity index (χ0v) is 9.80. The average Bonchev–Trinajstić information content (AvgIpc) is 2.13. The number of ether oxygens (including phenoxy) is 1. The fraction of sp³-hybridized carbons (Fsp3) is 0.300. The average molecular weight is 276 g/mol. The van der Waals surface area contributed by atoms with Crippen LogP contribution in [0.15, 0.2) is 16.6 Å². The molecule has 0 heterocycles. The quantitative estimate of drug-likeness (QED) is 0.680. The van der Waals surface area contributed by atoms with Gasteiger partial charge < -0.3 is 10.5 Å². The molecule has 2 N–H and O–H groups in total. The molecule has 0 saturated carbocycles. The minimum atomic E-state index is -0.463. The highest BCUT2D eigenvalue weighted by atomic mass is 79.9. The van der Waals surface area contributed by atoms with E-state index in [-0.39, 0.29) is 12.1 Å². The first-order valence-corrected chi connectivity index (χ1v) is 5.23. The van der Waals surface area contributed by atoms with Gasteiger partial charge >= 0.3 is 5.97 Å². The fourth-order valence-corrected chi connectivity index (χ4v) is 1.53. The summed E-state index contributed by atoms with van der Waals surface area (Å²) in [6, 6.07) is 2.45. The van der Waals surface area contributed by atoms with Crippen LogP contribution >= 0.6 is 15.9 Å². The minimum Gasteiger partial charge on any atom is -0.466 e. The van der Waals surface area contributed by atoms with Crippen molar-refractivity contribution < 1.29 is 13.9 Å². The van der Waals surface area contributed by atoms with E-state index >= 15 is 0 Å². The molecular weight excluding hydrogens is 265 g/mol. The first kappa shape index (κ1) is 12.0. The molecule has 1 rings (SSSR count). The van der Waals surface area contributed by atoms with Crippen molar-refractivity contribution in [3.8, 4) is 0 Å². The molecule has 15 heavy (non-hydrogen) atoms. The number of carbonyl (C=O) groups excluding carboxylic acids is 1. The summed E-state index contributed by atoms with van der Waals surface area (Å²) in [6.45, 7) is 2.02. The Morgan fingerprint density at radius 1 is 1.60 bits per heavy atom. The number of esters is 1. The molecule has 0 saturated heterocycles. The van der Waals surface area contributed by atoms with Gasteiger partial charge in [0.15, 0.2) is 0 Å². The highest BCUT2D eigenvalue weighted by Gasteiger charge is 2.11. The number of benzene rings is 1. The van der Waals surface area contributed by atoms with Crippen LogP contribution in [0, 0.1) is 5.82 Å². The van der Waals surface area contributed by atoms with Gasteiger partial charge in [0.25, 0.3) is 0 Å². The van der Waals surface area contributed by atoms with E-state index in [9.17, 15) is 9.18 Å². The zero-order valence-electron chi connectivity index (χ0n) is 8.22. The SMILES string of the molecule is CCOC(=O)Cc1cc(F)cc(N)c1Br. The van der Waals surface area contributed by atoms with Crippen molar-refractivity contribution in [2.45, 2.75) is 13.3 Å². The van der Waals surface area contributed by atoms with Gasteiger partial charge in [0.2, 0.25) is 0 Å². The van der Waals surface area contributed by atoms with Crippen molar-refractivity contribution in [2.24, 2.45) is 0 Å². The van der Waals surface area contributed by atoms with E-state index in [0.717, 1.165) is 0 Å². The number of halogens is 2. The third kappa shape index (κ3) is 3.20. The van der Waals surface area contributed by atoms with Crippen LogP contribution in [0.5, 0.6) is 0 Å². The number of rotatable bonds is 3. The lowest BCUT2D eigenvalue weighted by Crippen LogP contribution is -2.08. The van der Waals surface area contributed by atoms with Crippen LogP contribution in [0.4, 0.5) is 10.1 Å². The first-order valence-electron chi connectivity index (χ1n) is 4.43. The van der Waals surface area contributed by atoms with Crippen molar-refractivity contribution in [3.63, 3.8) is 0 Å². The molecule has 3 nitrogen and oxygen atoms in total. The maximum Gasteiger partial charge on any atom is 0.310 e. The van der Waals surface area contributed by atoms with E-state index in [1.807, 2.05) is 0 Å². The molecule has 0 aromatic heterocycles. The van der Waals surface area contributed by atoms with E-state index in [0.29, 0.717) is 16.6 Å². The molecule has 82 valence electrons. The number of nitrogen functional groups attached to an aromatic ring is 1. The van der Waals surface area contributed by atoms with Crippen molar-refractivity contribution in [1.29, 1.82) is 0 Å². The van der Waals surface area contributed by atoms with Gasteiger partial charge in [0.05, 0.1) is 13.0 Å². The van der Waals surface area contributed by atoms with Crippen LogP contribution in [-0.4, -0.2) is 12.6 Å². The normalized spacial score (nSPS) is 10.1. The van der Waals surface area contributed by atoms with E-state index in [4.69, 9.17) is 10.5 Å². The summed E-state index contributed by atoms with van der Waals surface area (Å²) in [4.78, 5) is 11.2. The van der Waals surface area contributed by atoms with E-state index in [2.05, 4.69) is 15.9 Å². The van der Waals surface area contributed by atoms with Gasteiger partial charge in [0, 0.05) is 10.2 Å². The summed E-state index contributed by atoms with van der Waals surface area (Å²) in [7, 11) is 0. The summed E-state index contributed by atoms with van der Waals surface area (Å²) < 4.78 is 18.3. The molecule has 1 aromatic carbocycles. The molecule has 0 aliphatic heterocycles. The second-order valence-electron chi connectivity index (χ2n) is 2.95. The molecule has 0 aliphatic carbocycles. The van der Waals surface area contributed by atoms with Crippen molar-refractivity contribution in [1.82, 2.24) is 0 Å². The maximum absolute atomic E-state index is 13.0. The molecular formula is C10H11BrFNO2. The molecule has 0 aliphatic rings. The van der Waals surface area contributed by atoms with Gasteiger partial charge in [-0.15, -0.1) is 0 Å². The second kappa shape index (κ2) is 5.11. The van der Waals surface area contributed by atoms with Crippen molar-refractivity contribution in [2.75, 3.05) is 12.3 Å². The standard InChI is InChI=1S/C10H11BrFNO2/c1-2-15-9(14)4-6-3-7(12)5-8(13)10(6)11/h3,5H,2,4,13H2,1H3. The number of hydrogen-bond acceptors (Lipinski definition) is 3. The topological polar surface area (TPSA) is 52.3 Å². The van der Waals surface area contributed by atoms with Crippen LogP contribution in [0.3, 0.4) is 0 Å². The lowest BCUT2D eigenvalue weighted by atomic mass is 10.1. The summed E-state index contributed by atoms with van der Waals surface area (Å²) >= 11 is 3.19. The van der Waals surface area contributed by atoms with Gasteiger partial charge in [-0.3, -0.25) is 4.79 Å². The Labute approximate surface area is 95.5 Å². The highest BCUT2D eigenvalue weighted by molar-refractivity contribution is 9.10. The molecule has 5 heteroatoms. The predicted octanol–water partition coefficient (Wildman–Crippen LogP) is 2.28. The number of carbonyl (C=O) groups is 1. The summed E-state index contributed by atoms with van der Waals surface area (Å²) in [5.74, 6) is -0.863. The van der Waals surface area contributed by atoms with Crippen LogP contribution in [0.1, 0.15) is 12.5 Å². The summed E-state index contributed by atoms with van der Waals surface area (Å²) in [5.41, 5.74) is 6.30. The van der Waals surface area contributed by atoms with Crippen LogP contribution in [0.2, 0.25) is 0 Å². The second-order valence-corrected chi connectivity index (χ2v) is 3.74. The Balaban J connectivity index is 2.89. The Bertz CT molecular complexity index is 382. The number of hydrogen-bond donors (Lipinski definition) is 1. The Morgan fingerprint density at radius 2 is 2.27 bits per heavy atom. The van der Waals surface area contributed by atoms with Gasteiger partial charge in [-0.25, -0.2) is 4.39 Å². The third-order valence-electron chi connectivity index (χ3n) is 1.78. The van der Waals surface area contributed by atoms with E-state index in [1.165, 1.54) is 12.1 Å². The van der Waals surface area contributed by atoms with Gasteiger partial charge in [-0.1, -0.05) is 0 Å². The fourth-order valence-electron chi connectivity index (χ4n) is 1.16. The smallest absolute Gasteiger partial charge is 0.310 e. The zero-order chi connectivity index (χ0) is 11.4. The molecule has 1 aromatic rings. The summed E-state index contributed by atoms with van der Waals surface area (Å²) in [6.07, 6.45) is 0.0103. The largest absolute Gasteiger partial charge is 0.466 e. The highest BCUT2D eigenvalue weighted by Crippen LogP contribution is 2.26. The predicted molar refractivity (Wildman–Crippen MR) is 58.8 cm³/mol. The van der Waals surface area contributed by atoms with E-state index < -0.39 is 11.8 Å². The van der Waals surface area contributed by atoms with E-state index in [1.54, 1.807) is 6.92 Å². The molecule has 0 spiro atoms. The number of anilines is 1. The monoisotopic (exact) mass is 275 g/mol. The maximum atomic E-state index is 13.0. The Kier molecular flexibility index (Phi) is 4.08. The van der Waals surface area contributed by atoms with Gasteiger partial charge in [-0.2, -0.15) is 0 Å². The lowest BCUT2D eigenvalue weighted by molar-refractivity contribution is -0.142. The number of nitrogens with two attached hydrogens (primary N) is 1. The molecule has 0 fully saturated rings. The van der Waals surface area contributed by atoms with Gasteiger partial charge in [0.1, 0.15) is 5.82 Å². The third-order valence-corrected chi connectivity index (χ3v) is 2.75. The Morgan fingerprint density at radius 3 is 2.87 bits per heavy atom.